The Morgan fingerprint density at radius 2 is 2.14 bits per heavy atom. The monoisotopic (exact) mass is 284 g/mol. The fourth-order valence-electron chi connectivity index (χ4n) is 3.86. The van der Waals surface area contributed by atoms with Crippen molar-refractivity contribution in [2.45, 2.75) is 31.1 Å². The molecule has 4 N–H and O–H groups in total. The lowest BCUT2D eigenvalue weighted by atomic mass is 9.65. The first-order valence-electron chi connectivity index (χ1n) is 7.80. The van der Waals surface area contributed by atoms with Crippen LogP contribution in [0.5, 0.6) is 0 Å². The number of carbonyl (C=O) groups excluding carboxylic acids is 1. The third-order valence-electron chi connectivity index (χ3n) is 5.35. The van der Waals surface area contributed by atoms with Crippen LogP contribution in [0.15, 0.2) is 18.2 Å². The molecule has 1 aliphatic carbocycles. The third kappa shape index (κ3) is 1.79. The lowest BCUT2D eigenvalue weighted by Gasteiger charge is -2.36. The summed E-state index contributed by atoms with van der Waals surface area (Å²) in [7, 11) is 2.14. The van der Waals surface area contributed by atoms with Gasteiger partial charge in [-0.15, -0.1) is 0 Å². The molecule has 1 aromatic carbocycles. The van der Waals surface area contributed by atoms with Crippen LogP contribution in [-0.4, -0.2) is 30.9 Å². The van der Waals surface area contributed by atoms with E-state index in [1.165, 1.54) is 16.7 Å². The van der Waals surface area contributed by atoms with E-state index in [4.69, 9.17) is 0 Å². The van der Waals surface area contributed by atoms with E-state index in [1.54, 1.807) is 0 Å². The van der Waals surface area contributed by atoms with Crippen molar-refractivity contribution in [2.75, 3.05) is 25.5 Å². The molecule has 3 aliphatic rings. The number of fused-ring (bicyclic) bond motifs is 2. The highest BCUT2D eigenvalue weighted by Crippen LogP contribution is 2.53. The van der Waals surface area contributed by atoms with Crippen molar-refractivity contribution in [3.05, 3.63) is 29.3 Å². The molecular formula is C17H22N3O+. The van der Waals surface area contributed by atoms with Gasteiger partial charge in [-0.05, 0) is 37.4 Å². The van der Waals surface area contributed by atoms with E-state index < -0.39 is 0 Å². The van der Waals surface area contributed by atoms with Crippen LogP contribution in [-0.2, 0) is 10.2 Å². The first-order chi connectivity index (χ1) is 10.1. The number of hydrogen-bond donors (Lipinski definition) is 2. The number of anilines is 1. The van der Waals surface area contributed by atoms with Gasteiger partial charge in [0.05, 0.1) is 11.1 Å². The van der Waals surface area contributed by atoms with E-state index >= 15 is 0 Å². The molecule has 4 heteroatoms. The highest BCUT2D eigenvalue weighted by molar-refractivity contribution is 6.09. The Hall–Kier alpha value is -1.65. The largest absolute Gasteiger partial charge is 0.325 e. The van der Waals surface area contributed by atoms with Crippen LogP contribution in [0.1, 0.15) is 36.8 Å². The van der Waals surface area contributed by atoms with E-state index in [1.807, 2.05) is 0 Å². The van der Waals surface area contributed by atoms with E-state index in [0.717, 1.165) is 50.1 Å². The normalized spacial score (nSPS) is 23.5. The van der Waals surface area contributed by atoms with Crippen LogP contribution in [0.4, 0.5) is 11.4 Å². The van der Waals surface area contributed by atoms with Crippen LogP contribution in [0, 0.1) is 0 Å². The van der Waals surface area contributed by atoms with E-state index in [0.29, 0.717) is 0 Å². The van der Waals surface area contributed by atoms with Crippen LogP contribution >= 0.6 is 0 Å². The third-order valence-corrected chi connectivity index (χ3v) is 5.35. The second kappa shape index (κ2) is 4.42. The topological polar surface area (TPSA) is 60.0 Å². The molecule has 1 fully saturated rings. The maximum absolute atomic E-state index is 12.5. The molecule has 110 valence electrons. The molecule has 1 aromatic rings. The van der Waals surface area contributed by atoms with Gasteiger partial charge in [-0.3, -0.25) is 4.79 Å². The molecule has 1 spiro atoms. The van der Waals surface area contributed by atoms with Gasteiger partial charge in [0.25, 0.3) is 0 Å². The van der Waals surface area contributed by atoms with Crippen molar-refractivity contribution in [3.63, 3.8) is 0 Å². The Balaban J connectivity index is 1.84. The van der Waals surface area contributed by atoms with Gasteiger partial charge >= 0.3 is 0 Å². The molecule has 2 aliphatic heterocycles. The Morgan fingerprint density at radius 1 is 1.33 bits per heavy atom. The Kier molecular flexibility index (Phi) is 2.75. The molecular weight excluding hydrogens is 262 g/mol. The molecule has 21 heavy (non-hydrogen) atoms. The molecule has 0 atom stereocenters. The van der Waals surface area contributed by atoms with Gasteiger partial charge < -0.3 is 16.0 Å². The number of benzene rings is 1. The number of quaternary nitrogens is 1. The number of hydrogen-bond acceptors (Lipinski definition) is 2. The average Bonchev–Trinajstić information content (AvgIpc) is 2.70. The molecule has 2 heterocycles. The summed E-state index contributed by atoms with van der Waals surface area (Å²) in [6.45, 7) is 2.05. The summed E-state index contributed by atoms with van der Waals surface area (Å²) in [6, 6.07) is 4.25. The fourth-order valence-corrected chi connectivity index (χ4v) is 3.86. The maximum Gasteiger partial charge on any atom is 0.235 e. The summed E-state index contributed by atoms with van der Waals surface area (Å²) < 4.78 is 0. The van der Waals surface area contributed by atoms with Gasteiger partial charge in [-0.25, -0.2) is 0 Å². The van der Waals surface area contributed by atoms with Gasteiger partial charge in [0, 0.05) is 30.8 Å². The number of rotatable bonds is 1. The number of likely N-dealkylation sites (N-methyl/N-ethyl adjacent to an activating group) is 1. The molecule has 0 aromatic heterocycles. The van der Waals surface area contributed by atoms with E-state index in [-0.39, 0.29) is 11.3 Å². The number of amides is 1. The Bertz CT molecular complexity index is 658. The van der Waals surface area contributed by atoms with Gasteiger partial charge in [0.2, 0.25) is 5.91 Å². The average molecular weight is 284 g/mol. The SMILES string of the molecule is CN1CC=C(c2cc([NH3+])cc3c2NC(=O)C32CCC2)CC1. The zero-order valence-corrected chi connectivity index (χ0v) is 12.5. The van der Waals surface area contributed by atoms with Crippen LogP contribution in [0.25, 0.3) is 5.57 Å². The summed E-state index contributed by atoms with van der Waals surface area (Å²) >= 11 is 0. The fraction of sp³-hybridized carbons (Fsp3) is 0.471. The minimum absolute atomic E-state index is 0.198. The molecule has 0 radical (unpaired) electrons. The van der Waals surface area contributed by atoms with Crippen molar-refractivity contribution in [1.82, 2.24) is 4.90 Å². The molecule has 4 nitrogen and oxygen atoms in total. The first-order valence-corrected chi connectivity index (χ1v) is 7.80. The van der Waals surface area contributed by atoms with Crippen LogP contribution in [0.2, 0.25) is 0 Å². The lowest BCUT2D eigenvalue weighted by molar-refractivity contribution is -0.254. The van der Waals surface area contributed by atoms with Gasteiger partial charge in [-0.2, -0.15) is 0 Å². The number of carbonyl (C=O) groups is 1. The zero-order chi connectivity index (χ0) is 14.6. The summed E-state index contributed by atoms with van der Waals surface area (Å²) in [5, 5.41) is 3.17. The predicted molar refractivity (Wildman–Crippen MR) is 83.2 cm³/mol. The summed E-state index contributed by atoms with van der Waals surface area (Å²) in [6.07, 6.45) is 6.44. The minimum atomic E-state index is -0.246. The summed E-state index contributed by atoms with van der Waals surface area (Å²) in [5.41, 5.74) is 9.72. The Morgan fingerprint density at radius 3 is 2.76 bits per heavy atom. The van der Waals surface area contributed by atoms with Gasteiger partial charge in [0.15, 0.2) is 0 Å². The van der Waals surface area contributed by atoms with Gasteiger partial charge in [0.1, 0.15) is 5.69 Å². The second-order valence-corrected chi connectivity index (χ2v) is 6.70. The lowest BCUT2D eigenvalue weighted by Crippen LogP contribution is -2.43. The van der Waals surface area contributed by atoms with Crippen molar-refractivity contribution >= 4 is 22.9 Å². The molecule has 0 bridgehead atoms. The van der Waals surface area contributed by atoms with Crippen molar-refractivity contribution in [3.8, 4) is 0 Å². The summed E-state index contributed by atoms with van der Waals surface area (Å²) in [5.74, 6) is 0.198. The van der Waals surface area contributed by atoms with Crippen molar-refractivity contribution < 1.29 is 10.5 Å². The quantitative estimate of drug-likeness (QED) is 0.824. The van der Waals surface area contributed by atoms with Gasteiger partial charge in [-0.1, -0.05) is 12.5 Å². The summed E-state index contributed by atoms with van der Waals surface area (Å²) in [4.78, 5) is 14.8. The minimum Gasteiger partial charge on any atom is -0.325 e. The van der Waals surface area contributed by atoms with Crippen LogP contribution < -0.4 is 11.1 Å². The molecule has 0 unspecified atom stereocenters. The standard InChI is InChI=1S/C17H21N3O/c1-20-7-3-11(4-8-20)13-9-12(18)10-14-15(13)19-16(21)17(14)5-2-6-17/h3,9-10H,2,4-8,18H2,1H3,(H,19,21)/p+1. The zero-order valence-electron chi connectivity index (χ0n) is 12.5. The first kappa shape index (κ1) is 13.0. The Labute approximate surface area is 125 Å². The smallest absolute Gasteiger partial charge is 0.235 e. The van der Waals surface area contributed by atoms with Crippen molar-refractivity contribution in [2.24, 2.45) is 0 Å². The maximum atomic E-state index is 12.5. The van der Waals surface area contributed by atoms with Crippen molar-refractivity contribution in [1.29, 1.82) is 0 Å². The number of nitrogens with one attached hydrogen (secondary N) is 1. The molecule has 1 saturated carbocycles. The second-order valence-electron chi connectivity index (χ2n) is 6.70. The molecule has 1 amide bonds. The predicted octanol–water partition coefficient (Wildman–Crippen LogP) is 1.65. The van der Waals surface area contributed by atoms with E-state index in [2.05, 4.69) is 41.2 Å². The highest BCUT2D eigenvalue weighted by atomic mass is 16.2. The van der Waals surface area contributed by atoms with E-state index in [9.17, 15) is 4.79 Å². The number of nitrogens with zero attached hydrogens (tertiary/aromatic N) is 1. The molecule has 4 rings (SSSR count). The van der Waals surface area contributed by atoms with Crippen LogP contribution in [0.3, 0.4) is 0 Å². The highest BCUT2D eigenvalue weighted by Gasteiger charge is 2.52. The molecule has 0 saturated heterocycles.